The molecule has 1 saturated carbocycles. The van der Waals surface area contributed by atoms with Gasteiger partial charge >= 0.3 is 6.18 Å². The van der Waals surface area contributed by atoms with E-state index in [9.17, 15) is 23.2 Å². The van der Waals surface area contributed by atoms with Crippen LogP contribution in [0.1, 0.15) is 53.0 Å². The fourth-order valence-corrected chi connectivity index (χ4v) is 5.48. The lowest BCUT2D eigenvalue weighted by molar-refractivity contribution is -0.137. The first-order valence-corrected chi connectivity index (χ1v) is 12.9. The maximum Gasteiger partial charge on any atom is 0.416 e. The summed E-state index contributed by atoms with van der Waals surface area (Å²) in [4.78, 5) is 20.0. The number of carbonyl (C=O) groups excluding carboxylic acids is 1. The fourth-order valence-electron chi connectivity index (χ4n) is 5.48. The number of benzene rings is 1. The average Bonchev–Trinajstić information content (AvgIpc) is 3.35. The lowest BCUT2D eigenvalue weighted by Crippen LogP contribution is -2.47. The molecule has 8 nitrogen and oxygen atoms in total. The first kappa shape index (κ1) is 26.8. The third kappa shape index (κ3) is 5.53. The highest BCUT2D eigenvalue weighted by molar-refractivity contribution is 6.04. The molecule has 204 valence electrons. The average molecular weight is 539 g/mol. The molecular weight excluding hydrogens is 509 g/mol. The number of carbonyl (C=O) groups is 1. The van der Waals surface area contributed by atoms with Gasteiger partial charge in [0.1, 0.15) is 0 Å². The van der Waals surface area contributed by atoms with Crippen LogP contribution in [0.15, 0.2) is 48.8 Å². The Morgan fingerprint density at radius 2 is 1.90 bits per heavy atom. The van der Waals surface area contributed by atoms with Gasteiger partial charge in [0.15, 0.2) is 0 Å². The second-order valence-corrected chi connectivity index (χ2v) is 10.1. The standard InChI is InChI=1S/C28H29F3N6O2/c1-19-24(17-34-37(19)23-4-2-3-20(15-23)28(29,30)31)26(38)35-21-5-6-25(33-16-21)27(18-32)9-7-22(8-10-27)36-11-13-39-14-12-36/h2-6,15-17,22H,7-14H2,1H3,(H,35,38)/t22-,27-. The van der Waals surface area contributed by atoms with Crippen LogP contribution in [0.3, 0.4) is 0 Å². The zero-order valence-electron chi connectivity index (χ0n) is 21.5. The van der Waals surface area contributed by atoms with Crippen LogP contribution in [-0.2, 0) is 16.3 Å². The van der Waals surface area contributed by atoms with Crippen molar-refractivity contribution in [3.8, 4) is 11.8 Å². The number of pyridine rings is 1. The van der Waals surface area contributed by atoms with Crippen LogP contribution < -0.4 is 5.32 Å². The van der Waals surface area contributed by atoms with Crippen LogP contribution >= 0.6 is 0 Å². The number of hydrogen-bond donors (Lipinski definition) is 1. The number of rotatable bonds is 5. The summed E-state index contributed by atoms with van der Waals surface area (Å²) in [7, 11) is 0. The summed E-state index contributed by atoms with van der Waals surface area (Å²) in [6, 6.07) is 11.2. The van der Waals surface area contributed by atoms with Crippen LogP contribution in [0.4, 0.5) is 18.9 Å². The van der Waals surface area contributed by atoms with Gasteiger partial charge in [-0.25, -0.2) is 4.68 Å². The molecule has 3 heterocycles. The molecule has 0 spiro atoms. The van der Waals surface area contributed by atoms with Crippen molar-refractivity contribution in [1.82, 2.24) is 19.7 Å². The number of hydrogen-bond acceptors (Lipinski definition) is 6. The molecule has 2 aliphatic rings. The highest BCUT2D eigenvalue weighted by Crippen LogP contribution is 2.40. The van der Waals surface area contributed by atoms with E-state index in [1.54, 1.807) is 19.1 Å². The van der Waals surface area contributed by atoms with Gasteiger partial charge in [0.25, 0.3) is 5.91 Å². The van der Waals surface area contributed by atoms with Crippen LogP contribution in [0.25, 0.3) is 5.69 Å². The van der Waals surface area contributed by atoms with Crippen molar-refractivity contribution in [3.05, 3.63) is 71.3 Å². The third-order valence-corrected chi connectivity index (χ3v) is 7.77. The van der Waals surface area contributed by atoms with Crippen LogP contribution in [0, 0.1) is 18.3 Å². The Kier molecular flexibility index (Phi) is 7.42. The normalized spacial score (nSPS) is 22.3. The van der Waals surface area contributed by atoms with E-state index in [2.05, 4.69) is 26.4 Å². The Bertz CT molecular complexity index is 1370. The zero-order valence-corrected chi connectivity index (χ0v) is 21.5. The van der Waals surface area contributed by atoms with Crippen molar-refractivity contribution in [3.63, 3.8) is 0 Å². The summed E-state index contributed by atoms with van der Waals surface area (Å²) in [5, 5.41) is 17.0. The molecule has 0 atom stereocenters. The third-order valence-electron chi connectivity index (χ3n) is 7.77. The maximum atomic E-state index is 13.1. The number of halogens is 3. The summed E-state index contributed by atoms with van der Waals surface area (Å²) >= 11 is 0. The van der Waals surface area contributed by atoms with Crippen molar-refractivity contribution in [2.75, 3.05) is 31.6 Å². The van der Waals surface area contributed by atoms with E-state index in [4.69, 9.17) is 4.74 Å². The van der Waals surface area contributed by atoms with Gasteiger partial charge < -0.3 is 10.1 Å². The molecule has 1 aliphatic carbocycles. The van der Waals surface area contributed by atoms with Crippen molar-refractivity contribution >= 4 is 11.6 Å². The Hall–Kier alpha value is -3.75. The van der Waals surface area contributed by atoms with E-state index >= 15 is 0 Å². The van der Waals surface area contributed by atoms with E-state index in [0.717, 1.165) is 64.1 Å². The van der Waals surface area contributed by atoms with Gasteiger partial charge in [-0.2, -0.15) is 23.5 Å². The Morgan fingerprint density at radius 3 is 2.54 bits per heavy atom. The number of amides is 1. The molecule has 0 bridgehead atoms. The molecule has 11 heteroatoms. The molecule has 0 unspecified atom stereocenters. The lowest BCUT2D eigenvalue weighted by atomic mass is 9.71. The molecule has 3 aromatic rings. The molecule has 39 heavy (non-hydrogen) atoms. The lowest BCUT2D eigenvalue weighted by Gasteiger charge is -2.41. The topological polar surface area (TPSA) is 96.1 Å². The van der Waals surface area contributed by atoms with Crippen LogP contribution in [0.5, 0.6) is 0 Å². The first-order valence-electron chi connectivity index (χ1n) is 12.9. The smallest absolute Gasteiger partial charge is 0.379 e. The second-order valence-electron chi connectivity index (χ2n) is 10.1. The zero-order chi connectivity index (χ0) is 27.6. The van der Waals surface area contributed by atoms with E-state index < -0.39 is 23.1 Å². The number of alkyl halides is 3. The highest BCUT2D eigenvalue weighted by Gasteiger charge is 2.40. The second kappa shape index (κ2) is 10.8. The van der Waals surface area contributed by atoms with E-state index in [-0.39, 0.29) is 11.3 Å². The summed E-state index contributed by atoms with van der Waals surface area (Å²) < 4.78 is 46.1. The number of aromatic nitrogens is 3. The Morgan fingerprint density at radius 1 is 1.15 bits per heavy atom. The Balaban J connectivity index is 1.26. The predicted octanol–water partition coefficient (Wildman–Crippen LogP) is 4.88. The van der Waals surface area contributed by atoms with Crippen LogP contribution in [-0.4, -0.2) is 57.9 Å². The van der Waals surface area contributed by atoms with Crippen molar-refractivity contribution < 1.29 is 22.7 Å². The number of morpholine rings is 1. The molecule has 1 saturated heterocycles. The molecule has 1 N–H and O–H groups in total. The number of nitriles is 1. The van der Waals surface area contributed by atoms with Gasteiger partial charge in [0.2, 0.25) is 0 Å². The minimum Gasteiger partial charge on any atom is -0.379 e. The monoisotopic (exact) mass is 538 g/mol. The SMILES string of the molecule is Cc1c(C(=O)Nc2ccc([C@]3(C#N)CC[C@@H](N4CCOCC4)CC3)nc2)cnn1-c1cccc(C(F)(F)F)c1. The first-order chi connectivity index (χ1) is 18.7. The van der Waals surface area contributed by atoms with Gasteiger partial charge in [-0.15, -0.1) is 0 Å². The summed E-state index contributed by atoms with van der Waals surface area (Å²) in [6.45, 7) is 4.97. The van der Waals surface area contributed by atoms with Crippen LogP contribution in [0.2, 0.25) is 0 Å². The number of nitrogens with one attached hydrogen (secondary N) is 1. The number of ether oxygens (including phenoxy) is 1. The largest absolute Gasteiger partial charge is 0.416 e. The quantitative estimate of drug-likeness (QED) is 0.497. The molecular formula is C28H29F3N6O2. The number of anilines is 1. The maximum absolute atomic E-state index is 13.1. The molecule has 1 aromatic carbocycles. The van der Waals surface area contributed by atoms with Gasteiger partial charge in [-0.1, -0.05) is 6.07 Å². The fraction of sp³-hybridized carbons (Fsp3) is 0.429. The minimum atomic E-state index is -4.48. The van der Waals surface area contributed by atoms with Crippen molar-refractivity contribution in [2.24, 2.45) is 0 Å². The highest BCUT2D eigenvalue weighted by atomic mass is 19.4. The molecule has 2 aromatic heterocycles. The predicted molar refractivity (Wildman–Crippen MR) is 137 cm³/mol. The van der Waals surface area contributed by atoms with Crippen molar-refractivity contribution in [2.45, 2.75) is 50.2 Å². The molecule has 2 fully saturated rings. The van der Waals surface area contributed by atoms with Gasteiger partial charge in [0.05, 0.1) is 71.0 Å². The molecule has 0 radical (unpaired) electrons. The summed E-state index contributed by atoms with van der Waals surface area (Å²) in [5.74, 6) is -0.457. The summed E-state index contributed by atoms with van der Waals surface area (Å²) in [5.41, 5.74) is 0.521. The minimum absolute atomic E-state index is 0.206. The van der Waals surface area contributed by atoms with Crippen molar-refractivity contribution in [1.29, 1.82) is 5.26 Å². The van der Waals surface area contributed by atoms with E-state index in [1.807, 2.05) is 0 Å². The molecule has 5 rings (SSSR count). The van der Waals surface area contributed by atoms with Gasteiger partial charge in [-0.3, -0.25) is 14.7 Å². The van der Waals surface area contributed by atoms with Gasteiger partial charge in [0, 0.05) is 19.1 Å². The summed E-state index contributed by atoms with van der Waals surface area (Å²) in [6.07, 6.45) is 1.65. The number of nitrogens with zero attached hydrogens (tertiary/aromatic N) is 5. The molecule has 1 aliphatic heterocycles. The van der Waals surface area contributed by atoms with Gasteiger partial charge in [-0.05, 0) is 62.9 Å². The Labute approximate surface area is 224 Å². The molecule has 1 amide bonds. The van der Waals surface area contributed by atoms with E-state index in [0.29, 0.717) is 23.1 Å². The van der Waals surface area contributed by atoms with E-state index in [1.165, 1.54) is 29.2 Å².